The number of benzene rings is 9. The minimum atomic E-state index is 0.635. The SMILES string of the molecule is c1ccc(N(c2ccc(-c3ccc(-c4nc5ccccc5o4)cc3)cc2)c2ccc3cc(-c4ccc5cc6ccccc6cc5c4)ccc3c2)cc1. The Labute approximate surface area is 301 Å². The van der Waals surface area contributed by atoms with E-state index in [0.29, 0.717) is 5.89 Å². The van der Waals surface area contributed by atoms with Crippen LogP contribution in [0.1, 0.15) is 0 Å². The van der Waals surface area contributed by atoms with Crippen LogP contribution in [-0.2, 0) is 0 Å². The highest BCUT2D eigenvalue weighted by atomic mass is 16.3. The zero-order chi connectivity index (χ0) is 34.4. The smallest absolute Gasteiger partial charge is 0.227 e. The predicted molar refractivity (Wildman–Crippen MR) is 218 cm³/mol. The van der Waals surface area contributed by atoms with E-state index in [-0.39, 0.29) is 0 Å². The molecule has 0 saturated heterocycles. The van der Waals surface area contributed by atoms with E-state index in [4.69, 9.17) is 4.42 Å². The topological polar surface area (TPSA) is 29.3 Å². The van der Waals surface area contributed by atoms with Crippen molar-refractivity contribution in [2.75, 3.05) is 4.90 Å². The average Bonchev–Trinajstić information content (AvgIpc) is 3.65. The summed E-state index contributed by atoms with van der Waals surface area (Å²) in [6.07, 6.45) is 0. The van der Waals surface area contributed by atoms with Crippen LogP contribution in [0.3, 0.4) is 0 Å². The fourth-order valence-electron chi connectivity index (χ4n) is 7.30. The van der Waals surface area contributed by atoms with Gasteiger partial charge in [0.1, 0.15) is 5.52 Å². The Bertz CT molecular complexity index is 2860. The molecule has 0 bridgehead atoms. The van der Waals surface area contributed by atoms with E-state index < -0.39 is 0 Å². The van der Waals surface area contributed by atoms with Gasteiger partial charge in [0.05, 0.1) is 0 Å². The molecule has 244 valence electrons. The van der Waals surface area contributed by atoms with Gasteiger partial charge >= 0.3 is 0 Å². The van der Waals surface area contributed by atoms with Crippen LogP contribution < -0.4 is 4.90 Å². The van der Waals surface area contributed by atoms with E-state index in [1.165, 1.54) is 43.4 Å². The molecule has 10 aromatic rings. The lowest BCUT2D eigenvalue weighted by Gasteiger charge is -2.26. The molecule has 0 saturated carbocycles. The van der Waals surface area contributed by atoms with Crippen molar-refractivity contribution in [1.82, 2.24) is 4.98 Å². The zero-order valence-corrected chi connectivity index (χ0v) is 28.3. The molecule has 52 heavy (non-hydrogen) atoms. The summed E-state index contributed by atoms with van der Waals surface area (Å²) >= 11 is 0. The number of hydrogen-bond donors (Lipinski definition) is 0. The first-order valence-corrected chi connectivity index (χ1v) is 17.6. The maximum Gasteiger partial charge on any atom is 0.227 e. The lowest BCUT2D eigenvalue weighted by Crippen LogP contribution is -2.09. The van der Waals surface area contributed by atoms with Gasteiger partial charge < -0.3 is 9.32 Å². The Morgan fingerprint density at radius 2 is 0.808 bits per heavy atom. The Kier molecular flexibility index (Phi) is 7.14. The molecule has 0 N–H and O–H groups in total. The maximum atomic E-state index is 5.99. The van der Waals surface area contributed by atoms with Crippen LogP contribution in [0, 0.1) is 0 Å². The van der Waals surface area contributed by atoms with Crippen molar-refractivity contribution in [2.24, 2.45) is 0 Å². The lowest BCUT2D eigenvalue weighted by atomic mass is 9.97. The third kappa shape index (κ3) is 5.46. The summed E-state index contributed by atoms with van der Waals surface area (Å²) in [6.45, 7) is 0. The van der Waals surface area contributed by atoms with Crippen molar-refractivity contribution in [3.8, 4) is 33.7 Å². The van der Waals surface area contributed by atoms with Gasteiger partial charge in [0.15, 0.2) is 5.58 Å². The summed E-state index contributed by atoms with van der Waals surface area (Å²) < 4.78 is 5.99. The van der Waals surface area contributed by atoms with Crippen molar-refractivity contribution in [2.45, 2.75) is 0 Å². The third-order valence-corrected chi connectivity index (χ3v) is 10.0. The molecule has 3 nitrogen and oxygen atoms in total. The van der Waals surface area contributed by atoms with Gasteiger partial charge in [-0.3, -0.25) is 0 Å². The van der Waals surface area contributed by atoms with Crippen LogP contribution in [-0.4, -0.2) is 4.98 Å². The summed E-state index contributed by atoms with van der Waals surface area (Å²) in [4.78, 5) is 6.98. The van der Waals surface area contributed by atoms with Crippen molar-refractivity contribution >= 4 is 60.5 Å². The molecule has 0 spiro atoms. The predicted octanol–water partition coefficient (Wildman–Crippen LogP) is 13.8. The Morgan fingerprint density at radius 1 is 0.327 bits per heavy atom. The molecular formula is C49H32N2O. The number of oxazole rings is 1. The summed E-state index contributed by atoms with van der Waals surface area (Å²) in [7, 11) is 0. The molecule has 3 heteroatoms. The average molecular weight is 665 g/mol. The van der Waals surface area contributed by atoms with Crippen LogP contribution in [0.5, 0.6) is 0 Å². The summed E-state index contributed by atoms with van der Waals surface area (Å²) in [5.41, 5.74) is 10.7. The van der Waals surface area contributed by atoms with Crippen LogP contribution in [0.25, 0.3) is 77.1 Å². The quantitative estimate of drug-likeness (QED) is 0.166. The van der Waals surface area contributed by atoms with Gasteiger partial charge in [-0.05, 0) is 140 Å². The Morgan fingerprint density at radius 3 is 1.54 bits per heavy atom. The highest BCUT2D eigenvalue weighted by molar-refractivity contribution is 6.00. The van der Waals surface area contributed by atoms with Crippen LogP contribution in [0.4, 0.5) is 17.1 Å². The number of rotatable bonds is 6. The number of nitrogens with zero attached hydrogens (tertiary/aromatic N) is 2. The van der Waals surface area contributed by atoms with Gasteiger partial charge in [0, 0.05) is 22.6 Å². The van der Waals surface area contributed by atoms with E-state index in [1.807, 2.05) is 24.3 Å². The van der Waals surface area contributed by atoms with Crippen molar-refractivity contribution in [3.05, 3.63) is 194 Å². The van der Waals surface area contributed by atoms with E-state index in [2.05, 4.69) is 180 Å². The molecule has 1 heterocycles. The fraction of sp³-hybridized carbons (Fsp3) is 0. The van der Waals surface area contributed by atoms with Crippen LogP contribution in [0.2, 0.25) is 0 Å². The largest absolute Gasteiger partial charge is 0.436 e. The molecule has 0 aliphatic rings. The number of anilines is 3. The normalized spacial score (nSPS) is 11.5. The third-order valence-electron chi connectivity index (χ3n) is 10.0. The molecule has 1 aromatic heterocycles. The number of fused-ring (bicyclic) bond motifs is 4. The van der Waals surface area contributed by atoms with E-state index in [1.54, 1.807) is 0 Å². The number of para-hydroxylation sites is 3. The van der Waals surface area contributed by atoms with Crippen LogP contribution >= 0.6 is 0 Å². The molecule has 10 rings (SSSR count). The van der Waals surface area contributed by atoms with Gasteiger partial charge in [-0.2, -0.15) is 0 Å². The Hall–Kier alpha value is -6.97. The summed E-state index contributed by atoms with van der Waals surface area (Å²) in [5, 5.41) is 7.47. The van der Waals surface area contributed by atoms with Crippen molar-refractivity contribution in [1.29, 1.82) is 0 Å². The second-order valence-corrected chi connectivity index (χ2v) is 13.3. The zero-order valence-electron chi connectivity index (χ0n) is 28.3. The summed E-state index contributed by atoms with van der Waals surface area (Å²) in [5.74, 6) is 0.635. The first-order chi connectivity index (χ1) is 25.7. The molecule has 0 amide bonds. The highest BCUT2D eigenvalue weighted by Crippen LogP contribution is 2.38. The van der Waals surface area contributed by atoms with Gasteiger partial charge in [-0.15, -0.1) is 0 Å². The molecule has 0 atom stereocenters. The van der Waals surface area contributed by atoms with Gasteiger partial charge in [-0.1, -0.05) is 109 Å². The first kappa shape index (κ1) is 29.9. The van der Waals surface area contributed by atoms with E-state index >= 15 is 0 Å². The minimum Gasteiger partial charge on any atom is -0.436 e. The van der Waals surface area contributed by atoms with E-state index in [9.17, 15) is 0 Å². The number of aromatic nitrogens is 1. The van der Waals surface area contributed by atoms with Crippen molar-refractivity contribution in [3.63, 3.8) is 0 Å². The number of hydrogen-bond acceptors (Lipinski definition) is 3. The molecule has 0 aliphatic carbocycles. The molecule has 0 aliphatic heterocycles. The molecule has 0 unspecified atom stereocenters. The van der Waals surface area contributed by atoms with Gasteiger partial charge in [0.25, 0.3) is 0 Å². The second kappa shape index (κ2) is 12.4. The Balaban J connectivity index is 0.954. The molecule has 0 fully saturated rings. The molecule has 0 radical (unpaired) electrons. The standard InChI is InChI=1S/C49H32N2O/c1-2-10-44(11-3-1)51(45-25-22-34(23-26-45)33-14-16-35(17-15-33)49-50-47-12-6-7-13-48(47)52-49)46-27-24-40-29-38(19-21-42(40)32-46)39-18-20-41-28-36-8-4-5-9-37(36)30-43(41)31-39/h1-32H. The fourth-order valence-corrected chi connectivity index (χ4v) is 7.30. The van der Waals surface area contributed by atoms with Gasteiger partial charge in [0.2, 0.25) is 5.89 Å². The second-order valence-electron chi connectivity index (χ2n) is 13.3. The molecule has 9 aromatic carbocycles. The first-order valence-electron chi connectivity index (χ1n) is 17.6. The van der Waals surface area contributed by atoms with Crippen molar-refractivity contribution < 1.29 is 4.42 Å². The minimum absolute atomic E-state index is 0.635. The highest BCUT2D eigenvalue weighted by Gasteiger charge is 2.14. The molecular weight excluding hydrogens is 633 g/mol. The maximum absolute atomic E-state index is 5.99. The lowest BCUT2D eigenvalue weighted by molar-refractivity contribution is 0.620. The van der Waals surface area contributed by atoms with Crippen LogP contribution in [0.15, 0.2) is 199 Å². The van der Waals surface area contributed by atoms with Gasteiger partial charge in [-0.25, -0.2) is 4.98 Å². The monoisotopic (exact) mass is 664 g/mol. The summed E-state index contributed by atoms with van der Waals surface area (Å²) in [6, 6.07) is 69.1. The van der Waals surface area contributed by atoms with E-state index in [0.717, 1.165) is 44.9 Å².